The molecule has 0 aromatic rings. The third-order valence-corrected chi connectivity index (χ3v) is 0.984. The minimum atomic E-state index is -0.510. The number of imide groups is 1. The zero-order valence-corrected chi connectivity index (χ0v) is 6.59. The van der Waals surface area contributed by atoms with Crippen LogP contribution in [0, 0.1) is 0 Å². The molecular formula is C6H12N2O3. The number of carbonyl (C=O) groups is 2. The molecular weight excluding hydrogens is 148 g/mol. The number of hydrogen-bond acceptors (Lipinski definition) is 3. The standard InChI is InChI=1S/C6H12N2O3/c1-5(3-11-2)8-6(10)7-4-9/h4-5H,3H2,1-2H3,(H2,7,8,9,10). The molecule has 0 aliphatic rings. The fourth-order valence-electron chi connectivity index (χ4n) is 0.611. The first-order valence-electron chi connectivity index (χ1n) is 3.20. The van der Waals surface area contributed by atoms with Crippen LogP contribution in [0.1, 0.15) is 6.92 Å². The molecule has 0 saturated carbocycles. The van der Waals surface area contributed by atoms with Crippen molar-refractivity contribution in [1.82, 2.24) is 10.6 Å². The van der Waals surface area contributed by atoms with E-state index in [-0.39, 0.29) is 6.04 Å². The quantitative estimate of drug-likeness (QED) is 0.543. The Morgan fingerprint density at radius 3 is 2.82 bits per heavy atom. The maximum absolute atomic E-state index is 10.6. The lowest BCUT2D eigenvalue weighted by Gasteiger charge is -2.10. The molecule has 0 aliphatic heterocycles. The largest absolute Gasteiger partial charge is 0.383 e. The maximum Gasteiger partial charge on any atom is 0.321 e. The summed E-state index contributed by atoms with van der Waals surface area (Å²) in [6, 6.07) is -0.607. The van der Waals surface area contributed by atoms with Gasteiger partial charge in [-0.1, -0.05) is 0 Å². The maximum atomic E-state index is 10.6. The van der Waals surface area contributed by atoms with Crippen LogP contribution >= 0.6 is 0 Å². The highest BCUT2D eigenvalue weighted by Crippen LogP contribution is 1.80. The fraction of sp³-hybridized carbons (Fsp3) is 0.667. The summed E-state index contributed by atoms with van der Waals surface area (Å²) in [6.45, 7) is 2.19. The molecule has 0 rings (SSSR count). The monoisotopic (exact) mass is 160 g/mol. The van der Waals surface area contributed by atoms with E-state index in [0.29, 0.717) is 13.0 Å². The van der Waals surface area contributed by atoms with Crippen LogP contribution in [0.25, 0.3) is 0 Å². The normalized spacial score (nSPS) is 11.8. The van der Waals surface area contributed by atoms with Gasteiger partial charge in [0.1, 0.15) is 0 Å². The summed E-state index contributed by atoms with van der Waals surface area (Å²) < 4.78 is 4.75. The Balaban J connectivity index is 3.48. The van der Waals surface area contributed by atoms with E-state index < -0.39 is 6.03 Å². The minimum absolute atomic E-state index is 0.0973. The van der Waals surface area contributed by atoms with Crippen LogP contribution in [0.2, 0.25) is 0 Å². The summed E-state index contributed by atoms with van der Waals surface area (Å²) in [5.74, 6) is 0. The average molecular weight is 160 g/mol. The Labute approximate surface area is 65.1 Å². The number of urea groups is 1. The van der Waals surface area contributed by atoms with E-state index in [1.807, 2.05) is 5.32 Å². The van der Waals surface area contributed by atoms with Crippen LogP contribution in [0.5, 0.6) is 0 Å². The molecule has 0 fully saturated rings. The van der Waals surface area contributed by atoms with Crippen LogP contribution in [0.15, 0.2) is 0 Å². The molecule has 0 heterocycles. The van der Waals surface area contributed by atoms with Crippen LogP contribution in [0.4, 0.5) is 4.79 Å². The topological polar surface area (TPSA) is 67.4 Å². The Morgan fingerprint density at radius 1 is 1.73 bits per heavy atom. The summed E-state index contributed by atoms with van der Waals surface area (Å²) in [4.78, 5) is 20.4. The Bertz CT molecular complexity index is 138. The average Bonchev–Trinajstić information content (AvgIpc) is 1.87. The zero-order chi connectivity index (χ0) is 8.69. The second kappa shape index (κ2) is 5.67. The van der Waals surface area contributed by atoms with Gasteiger partial charge >= 0.3 is 6.03 Å². The molecule has 5 nitrogen and oxygen atoms in total. The summed E-state index contributed by atoms with van der Waals surface area (Å²) >= 11 is 0. The smallest absolute Gasteiger partial charge is 0.321 e. The second-order valence-corrected chi connectivity index (χ2v) is 2.09. The predicted octanol–water partition coefficient (Wildman–Crippen LogP) is -0.523. The van der Waals surface area contributed by atoms with Gasteiger partial charge in [0.05, 0.1) is 12.6 Å². The summed E-state index contributed by atoms with van der Waals surface area (Å²) in [5, 5.41) is 4.42. The van der Waals surface area contributed by atoms with E-state index in [0.717, 1.165) is 0 Å². The molecule has 11 heavy (non-hydrogen) atoms. The molecule has 0 spiro atoms. The van der Waals surface area contributed by atoms with Gasteiger partial charge < -0.3 is 10.1 Å². The van der Waals surface area contributed by atoms with Gasteiger partial charge in [-0.2, -0.15) is 0 Å². The molecule has 64 valence electrons. The second-order valence-electron chi connectivity index (χ2n) is 2.09. The molecule has 0 aromatic heterocycles. The van der Waals surface area contributed by atoms with Gasteiger partial charge in [0, 0.05) is 7.11 Å². The van der Waals surface area contributed by atoms with E-state index in [9.17, 15) is 9.59 Å². The highest BCUT2D eigenvalue weighted by atomic mass is 16.5. The van der Waals surface area contributed by atoms with Gasteiger partial charge in [0.25, 0.3) is 0 Å². The number of carbonyl (C=O) groups excluding carboxylic acids is 2. The van der Waals surface area contributed by atoms with Crippen molar-refractivity contribution in [2.24, 2.45) is 0 Å². The first-order chi connectivity index (χ1) is 5.20. The molecule has 2 N–H and O–H groups in total. The van der Waals surface area contributed by atoms with Crippen molar-refractivity contribution in [3.8, 4) is 0 Å². The number of ether oxygens (including phenoxy) is 1. The number of methoxy groups -OCH3 is 1. The third-order valence-electron chi connectivity index (χ3n) is 0.984. The van der Waals surface area contributed by atoms with Gasteiger partial charge in [-0.25, -0.2) is 4.79 Å². The Hall–Kier alpha value is -1.10. The van der Waals surface area contributed by atoms with Crippen LogP contribution in [-0.4, -0.2) is 32.2 Å². The molecule has 0 saturated heterocycles. The van der Waals surface area contributed by atoms with Gasteiger partial charge in [-0.05, 0) is 6.92 Å². The highest BCUT2D eigenvalue weighted by molar-refractivity contribution is 5.84. The van der Waals surface area contributed by atoms with E-state index >= 15 is 0 Å². The van der Waals surface area contributed by atoms with Gasteiger partial charge in [0.15, 0.2) is 0 Å². The summed E-state index contributed by atoms with van der Waals surface area (Å²) in [5.41, 5.74) is 0. The Kier molecular flexibility index (Phi) is 5.10. The SMILES string of the molecule is COCC(C)NC(=O)NC=O. The molecule has 0 aromatic carbocycles. The van der Waals surface area contributed by atoms with Crippen molar-refractivity contribution < 1.29 is 14.3 Å². The van der Waals surface area contributed by atoms with Crippen molar-refractivity contribution in [1.29, 1.82) is 0 Å². The first kappa shape index (κ1) is 9.90. The molecule has 0 bridgehead atoms. The van der Waals surface area contributed by atoms with Gasteiger partial charge in [0.2, 0.25) is 6.41 Å². The number of rotatable bonds is 4. The van der Waals surface area contributed by atoms with Crippen molar-refractivity contribution in [2.45, 2.75) is 13.0 Å². The van der Waals surface area contributed by atoms with Crippen LogP contribution < -0.4 is 10.6 Å². The first-order valence-corrected chi connectivity index (χ1v) is 3.20. The van der Waals surface area contributed by atoms with Gasteiger partial charge in [-0.15, -0.1) is 0 Å². The van der Waals surface area contributed by atoms with Crippen molar-refractivity contribution in [3.63, 3.8) is 0 Å². The van der Waals surface area contributed by atoms with Crippen molar-refractivity contribution in [3.05, 3.63) is 0 Å². The lowest BCUT2D eigenvalue weighted by atomic mass is 10.4. The number of hydrogen-bond donors (Lipinski definition) is 2. The number of amides is 3. The van der Waals surface area contributed by atoms with E-state index in [2.05, 4.69) is 5.32 Å². The van der Waals surface area contributed by atoms with Crippen molar-refractivity contribution >= 4 is 12.4 Å². The Morgan fingerprint density at radius 2 is 2.36 bits per heavy atom. The fourth-order valence-corrected chi connectivity index (χ4v) is 0.611. The van der Waals surface area contributed by atoms with E-state index in [4.69, 9.17) is 4.74 Å². The van der Waals surface area contributed by atoms with Gasteiger partial charge in [-0.3, -0.25) is 10.1 Å². The highest BCUT2D eigenvalue weighted by Gasteiger charge is 2.04. The molecule has 0 aliphatic carbocycles. The summed E-state index contributed by atoms with van der Waals surface area (Å²) in [6.07, 6.45) is 0.328. The number of nitrogens with one attached hydrogen (secondary N) is 2. The molecule has 3 amide bonds. The van der Waals surface area contributed by atoms with Crippen molar-refractivity contribution in [2.75, 3.05) is 13.7 Å². The zero-order valence-electron chi connectivity index (χ0n) is 6.59. The molecule has 1 atom stereocenters. The molecule has 5 heteroatoms. The molecule has 1 unspecified atom stereocenters. The van der Waals surface area contributed by atoms with E-state index in [1.54, 1.807) is 6.92 Å². The third kappa shape index (κ3) is 5.35. The van der Waals surface area contributed by atoms with E-state index in [1.165, 1.54) is 7.11 Å². The minimum Gasteiger partial charge on any atom is -0.383 e. The summed E-state index contributed by atoms with van der Waals surface area (Å²) in [7, 11) is 1.54. The van der Waals surface area contributed by atoms with Crippen LogP contribution in [-0.2, 0) is 9.53 Å². The molecule has 0 radical (unpaired) electrons. The lowest BCUT2D eigenvalue weighted by molar-refractivity contribution is -0.108. The van der Waals surface area contributed by atoms with Crippen LogP contribution in [0.3, 0.4) is 0 Å². The predicted molar refractivity (Wildman–Crippen MR) is 39.1 cm³/mol. The lowest BCUT2D eigenvalue weighted by Crippen LogP contribution is -2.42.